The van der Waals surface area contributed by atoms with Crippen molar-refractivity contribution in [2.75, 3.05) is 0 Å². The molecule has 0 spiro atoms. The maximum Gasteiger partial charge on any atom is 0.0656 e. The Morgan fingerprint density at radius 2 is 1.08 bits per heavy atom. The molecule has 0 saturated heterocycles. The largest absolute Gasteiger partial charge is 0.392 e. The van der Waals surface area contributed by atoms with Gasteiger partial charge in [0.15, 0.2) is 0 Å². The predicted octanol–water partition coefficient (Wildman–Crippen LogP) is 8.06. The van der Waals surface area contributed by atoms with Crippen molar-refractivity contribution in [1.82, 2.24) is 0 Å². The number of hydrogen-bond acceptors (Lipinski definition) is 2. The first-order valence-corrected chi connectivity index (χ1v) is 11.9. The summed E-state index contributed by atoms with van der Waals surface area (Å²) >= 11 is 4.78. The van der Waals surface area contributed by atoms with Gasteiger partial charge in [-0.3, -0.25) is 0 Å². The first kappa shape index (κ1) is 26.3. The van der Waals surface area contributed by atoms with Crippen LogP contribution in [0.1, 0.15) is 126 Å². The van der Waals surface area contributed by atoms with E-state index in [2.05, 4.69) is 48.5 Å². The van der Waals surface area contributed by atoms with E-state index in [-0.39, 0.29) is 22.2 Å². The molecule has 0 fully saturated rings. The van der Waals surface area contributed by atoms with Crippen molar-refractivity contribution in [2.24, 2.45) is 16.7 Å². The lowest BCUT2D eigenvalue weighted by molar-refractivity contribution is 0.0699. The van der Waals surface area contributed by atoms with Crippen LogP contribution in [0, 0.1) is 16.7 Å². The Hall–Kier alpha value is 0.310. The number of hydrogen-bond donors (Lipinski definition) is 2. The van der Waals surface area contributed by atoms with Gasteiger partial charge in [0.2, 0.25) is 0 Å². The first-order valence-electron chi connectivity index (χ1n) is 11.4. The van der Waals surface area contributed by atoms with E-state index in [1.54, 1.807) is 0 Å². The second kappa shape index (κ2) is 13.5. The molecule has 0 aromatic heterocycles. The van der Waals surface area contributed by atoms with Crippen molar-refractivity contribution >= 4 is 12.6 Å². The fraction of sp³-hybridized carbons (Fsp3) is 1.00. The Morgan fingerprint density at radius 3 is 1.46 bits per heavy atom. The molecule has 0 aromatic rings. The second-order valence-electron chi connectivity index (χ2n) is 10.6. The predicted molar refractivity (Wildman–Crippen MR) is 122 cm³/mol. The van der Waals surface area contributed by atoms with Crippen molar-refractivity contribution < 1.29 is 5.11 Å². The lowest BCUT2D eigenvalue weighted by Gasteiger charge is -2.42. The molecule has 0 aromatic carbocycles. The van der Waals surface area contributed by atoms with Crippen LogP contribution in [-0.4, -0.2) is 16.5 Å². The number of unbranched alkanes of at least 4 members (excludes halogenated alkanes) is 9. The maximum absolute atomic E-state index is 10.5. The molecule has 0 radical (unpaired) electrons. The summed E-state index contributed by atoms with van der Waals surface area (Å²) < 4.78 is 0. The lowest BCUT2D eigenvalue weighted by atomic mass is 9.64. The summed E-state index contributed by atoms with van der Waals surface area (Å²) in [5.41, 5.74) is 0.492. The van der Waals surface area contributed by atoms with E-state index in [0.29, 0.717) is 5.92 Å². The third-order valence-electron chi connectivity index (χ3n) is 5.87. The van der Waals surface area contributed by atoms with Crippen LogP contribution < -0.4 is 0 Å². The van der Waals surface area contributed by atoms with Crippen LogP contribution in [0.5, 0.6) is 0 Å². The van der Waals surface area contributed by atoms with Gasteiger partial charge in [0.05, 0.1) is 6.10 Å². The smallest absolute Gasteiger partial charge is 0.0656 e. The van der Waals surface area contributed by atoms with Gasteiger partial charge < -0.3 is 5.11 Å². The van der Waals surface area contributed by atoms with Gasteiger partial charge in [-0.1, -0.05) is 113 Å². The highest BCUT2D eigenvalue weighted by Gasteiger charge is 2.36. The van der Waals surface area contributed by atoms with E-state index in [4.69, 9.17) is 12.6 Å². The van der Waals surface area contributed by atoms with Gasteiger partial charge in [0, 0.05) is 5.25 Å². The Balaban J connectivity index is 3.93. The SMILES string of the molecule is CCCCCCCCCCCCC(O)C(S)CC(C(C)(C)C)C(C)(C)C. The van der Waals surface area contributed by atoms with Crippen molar-refractivity contribution in [1.29, 1.82) is 0 Å². The minimum absolute atomic E-state index is 0.0945. The molecule has 158 valence electrons. The zero-order chi connectivity index (χ0) is 20.2. The molecule has 0 saturated carbocycles. The minimum Gasteiger partial charge on any atom is -0.392 e. The van der Waals surface area contributed by atoms with E-state index in [9.17, 15) is 5.11 Å². The quantitative estimate of drug-likeness (QED) is 0.228. The molecule has 0 aliphatic carbocycles. The van der Waals surface area contributed by atoms with E-state index in [0.717, 1.165) is 19.3 Å². The lowest BCUT2D eigenvalue weighted by Crippen LogP contribution is -2.37. The maximum atomic E-state index is 10.5. The molecule has 26 heavy (non-hydrogen) atoms. The number of thiol groups is 1. The van der Waals surface area contributed by atoms with Crippen molar-refractivity contribution in [3.8, 4) is 0 Å². The monoisotopic (exact) mass is 386 g/mol. The molecule has 0 aliphatic heterocycles. The molecule has 1 N–H and O–H groups in total. The molecule has 0 amide bonds. The fourth-order valence-corrected chi connectivity index (χ4v) is 4.80. The number of aliphatic hydroxyl groups is 1. The van der Waals surface area contributed by atoms with E-state index < -0.39 is 0 Å². The fourth-order valence-electron chi connectivity index (χ4n) is 4.44. The zero-order valence-electron chi connectivity index (χ0n) is 19.1. The highest BCUT2D eigenvalue weighted by atomic mass is 32.1. The number of rotatable bonds is 14. The Labute approximate surface area is 171 Å². The normalized spacial score (nSPS) is 15.5. The molecule has 2 atom stereocenters. The summed E-state index contributed by atoms with van der Waals surface area (Å²) in [6.45, 7) is 16.2. The van der Waals surface area contributed by atoms with Crippen LogP contribution in [0.2, 0.25) is 0 Å². The second-order valence-corrected chi connectivity index (χ2v) is 11.3. The van der Waals surface area contributed by atoms with Gasteiger partial charge >= 0.3 is 0 Å². The van der Waals surface area contributed by atoms with Crippen LogP contribution in [-0.2, 0) is 0 Å². The summed E-state index contributed by atoms with van der Waals surface area (Å²) in [4.78, 5) is 0. The minimum atomic E-state index is -0.264. The van der Waals surface area contributed by atoms with Crippen LogP contribution in [0.15, 0.2) is 0 Å². The van der Waals surface area contributed by atoms with Gasteiger partial charge in [-0.05, 0) is 29.6 Å². The highest BCUT2D eigenvalue weighted by Crippen LogP contribution is 2.43. The number of aliphatic hydroxyl groups excluding tert-OH is 1. The van der Waals surface area contributed by atoms with Gasteiger partial charge in [0.1, 0.15) is 0 Å². The summed E-state index contributed by atoms with van der Waals surface area (Å²) in [5, 5.41) is 10.6. The summed E-state index contributed by atoms with van der Waals surface area (Å²) in [7, 11) is 0. The Kier molecular flexibility index (Phi) is 13.6. The molecule has 2 unspecified atom stereocenters. The highest BCUT2D eigenvalue weighted by molar-refractivity contribution is 7.81. The summed E-state index contributed by atoms with van der Waals surface area (Å²) in [6.07, 6.45) is 15.1. The van der Waals surface area contributed by atoms with E-state index >= 15 is 0 Å². The van der Waals surface area contributed by atoms with Crippen molar-refractivity contribution in [3.05, 3.63) is 0 Å². The molecule has 0 aliphatic rings. The standard InChI is InChI=1S/C24H50OS/c1-8-9-10-11-12-13-14-15-16-17-18-20(25)21(26)19-22(23(2,3)4)24(5,6)7/h20-22,25-26H,8-19H2,1-7H3. The van der Waals surface area contributed by atoms with E-state index in [1.807, 2.05) is 0 Å². The molecule has 0 heterocycles. The summed E-state index contributed by atoms with van der Waals surface area (Å²) in [5.74, 6) is 0.555. The van der Waals surface area contributed by atoms with Crippen molar-refractivity contribution in [3.63, 3.8) is 0 Å². The van der Waals surface area contributed by atoms with Gasteiger partial charge in [-0.15, -0.1) is 0 Å². The molecular formula is C24H50OS. The van der Waals surface area contributed by atoms with Crippen LogP contribution in [0.4, 0.5) is 0 Å². The molecule has 2 heteroatoms. The first-order chi connectivity index (χ1) is 12.0. The average molecular weight is 387 g/mol. The third-order valence-corrected chi connectivity index (χ3v) is 6.42. The molecule has 0 rings (SSSR count). The molecule has 1 nitrogen and oxygen atoms in total. The van der Waals surface area contributed by atoms with Gasteiger partial charge in [0.25, 0.3) is 0 Å². The summed E-state index contributed by atoms with van der Waals surface area (Å²) in [6, 6.07) is 0. The third kappa shape index (κ3) is 12.7. The van der Waals surface area contributed by atoms with Gasteiger partial charge in [-0.2, -0.15) is 12.6 Å². The molecular weight excluding hydrogens is 336 g/mol. The van der Waals surface area contributed by atoms with Crippen molar-refractivity contribution in [2.45, 2.75) is 137 Å². The van der Waals surface area contributed by atoms with Crippen LogP contribution >= 0.6 is 12.6 Å². The topological polar surface area (TPSA) is 20.2 Å². The van der Waals surface area contributed by atoms with Crippen LogP contribution in [0.25, 0.3) is 0 Å². The average Bonchev–Trinajstić information content (AvgIpc) is 2.51. The molecule has 0 bridgehead atoms. The Morgan fingerprint density at radius 1 is 0.692 bits per heavy atom. The zero-order valence-corrected chi connectivity index (χ0v) is 20.0. The van der Waals surface area contributed by atoms with Gasteiger partial charge in [-0.25, -0.2) is 0 Å². The Bertz CT molecular complexity index is 312. The van der Waals surface area contributed by atoms with Crippen LogP contribution in [0.3, 0.4) is 0 Å². The van der Waals surface area contributed by atoms with E-state index in [1.165, 1.54) is 57.8 Å².